The Labute approximate surface area is 151 Å². The first-order valence-corrected chi connectivity index (χ1v) is 8.67. The summed E-state index contributed by atoms with van der Waals surface area (Å²) in [4.78, 5) is 16.3. The lowest BCUT2D eigenvalue weighted by Gasteiger charge is -2.02. The largest absolute Gasteiger partial charge is 0.360 e. The third-order valence-corrected chi connectivity index (χ3v) is 4.31. The Balaban J connectivity index is 1.50. The summed E-state index contributed by atoms with van der Waals surface area (Å²) in [5.41, 5.74) is 2.04. The van der Waals surface area contributed by atoms with E-state index >= 15 is 0 Å². The maximum atomic E-state index is 12.0. The van der Waals surface area contributed by atoms with Crippen LogP contribution in [0.25, 0.3) is 17.0 Å². The number of amides is 1. The van der Waals surface area contributed by atoms with Gasteiger partial charge >= 0.3 is 0 Å². The minimum atomic E-state index is -0.221. The fourth-order valence-electron chi connectivity index (χ4n) is 2.24. The number of hydrogen-bond donors (Lipinski definition) is 1. The molecule has 1 N–H and O–H groups in total. The molecule has 0 aliphatic rings. The lowest BCUT2D eigenvalue weighted by molar-refractivity contribution is -0.113. The maximum absolute atomic E-state index is 12.0. The third-order valence-electron chi connectivity index (χ3n) is 3.39. The van der Waals surface area contributed by atoms with Crippen molar-refractivity contribution in [3.8, 4) is 11.4 Å². The third kappa shape index (κ3) is 3.40. The van der Waals surface area contributed by atoms with E-state index in [1.54, 1.807) is 23.7 Å². The lowest BCUT2D eigenvalue weighted by atomic mass is 10.2. The standard InChI is InChI=1S/C16H13N7O2S/c1-10-8-13(22-25-10)18-15(24)9-26-16-20-19-14-6-5-12(21-23(14)16)11-4-2-3-7-17-11/h2-8H,9H2,1H3,(H,18,22,24). The molecule has 0 fully saturated rings. The van der Waals surface area contributed by atoms with Crippen molar-refractivity contribution in [2.75, 3.05) is 11.1 Å². The molecule has 0 atom stereocenters. The normalized spacial score (nSPS) is 11.0. The van der Waals surface area contributed by atoms with E-state index in [9.17, 15) is 4.79 Å². The number of fused-ring (bicyclic) bond motifs is 1. The highest BCUT2D eigenvalue weighted by Crippen LogP contribution is 2.19. The molecule has 4 rings (SSSR count). The monoisotopic (exact) mass is 367 g/mol. The number of hydrogen-bond acceptors (Lipinski definition) is 8. The first-order valence-electron chi connectivity index (χ1n) is 7.69. The van der Waals surface area contributed by atoms with E-state index in [1.807, 2.05) is 30.3 Å². The number of nitrogens with one attached hydrogen (secondary N) is 1. The van der Waals surface area contributed by atoms with E-state index in [4.69, 9.17) is 4.52 Å². The molecule has 4 aromatic heterocycles. The fraction of sp³-hybridized carbons (Fsp3) is 0.125. The summed E-state index contributed by atoms with van der Waals surface area (Å²) in [5.74, 6) is 0.931. The Hall–Kier alpha value is -3.27. The quantitative estimate of drug-likeness (QED) is 0.535. The number of aryl methyl sites for hydroxylation is 1. The number of anilines is 1. The highest BCUT2D eigenvalue weighted by atomic mass is 32.2. The van der Waals surface area contributed by atoms with Crippen LogP contribution in [0.2, 0.25) is 0 Å². The molecule has 130 valence electrons. The summed E-state index contributed by atoms with van der Waals surface area (Å²) in [5, 5.41) is 19.6. The number of aromatic nitrogens is 6. The van der Waals surface area contributed by atoms with Gasteiger partial charge in [-0.25, -0.2) is 0 Å². The minimum Gasteiger partial charge on any atom is -0.360 e. The number of thioether (sulfide) groups is 1. The number of carbonyl (C=O) groups is 1. The second-order valence-electron chi connectivity index (χ2n) is 5.35. The molecule has 4 heterocycles. The van der Waals surface area contributed by atoms with Crippen molar-refractivity contribution in [2.45, 2.75) is 12.1 Å². The first kappa shape index (κ1) is 16.2. The van der Waals surface area contributed by atoms with E-state index in [-0.39, 0.29) is 11.7 Å². The molecular formula is C16H13N7O2S. The Morgan fingerprint density at radius 2 is 2.15 bits per heavy atom. The Morgan fingerprint density at radius 3 is 2.92 bits per heavy atom. The molecule has 9 nitrogen and oxygen atoms in total. The van der Waals surface area contributed by atoms with Gasteiger partial charge in [0, 0.05) is 12.3 Å². The van der Waals surface area contributed by atoms with Crippen molar-refractivity contribution in [1.82, 2.24) is 30.0 Å². The summed E-state index contributed by atoms with van der Waals surface area (Å²) in [6.07, 6.45) is 1.71. The van der Waals surface area contributed by atoms with Crippen LogP contribution in [0.5, 0.6) is 0 Å². The molecule has 0 bridgehead atoms. The average Bonchev–Trinajstić information content (AvgIpc) is 3.26. The van der Waals surface area contributed by atoms with Gasteiger partial charge in [-0.1, -0.05) is 23.0 Å². The molecule has 0 radical (unpaired) electrons. The predicted octanol–water partition coefficient (Wildman–Crippen LogP) is 2.21. The summed E-state index contributed by atoms with van der Waals surface area (Å²) in [7, 11) is 0. The van der Waals surface area contributed by atoms with Crippen LogP contribution in [-0.2, 0) is 4.79 Å². The van der Waals surface area contributed by atoms with Gasteiger partial charge in [0.1, 0.15) is 11.5 Å². The van der Waals surface area contributed by atoms with Gasteiger partial charge in [0.15, 0.2) is 11.5 Å². The zero-order chi connectivity index (χ0) is 17.9. The van der Waals surface area contributed by atoms with Crippen LogP contribution in [0, 0.1) is 6.92 Å². The average molecular weight is 367 g/mol. The van der Waals surface area contributed by atoms with Crippen LogP contribution in [0.4, 0.5) is 5.82 Å². The van der Waals surface area contributed by atoms with Gasteiger partial charge < -0.3 is 9.84 Å². The van der Waals surface area contributed by atoms with E-state index < -0.39 is 0 Å². The summed E-state index contributed by atoms with van der Waals surface area (Å²) >= 11 is 1.23. The maximum Gasteiger partial charge on any atom is 0.236 e. The Morgan fingerprint density at radius 1 is 1.23 bits per heavy atom. The predicted molar refractivity (Wildman–Crippen MR) is 94.6 cm³/mol. The van der Waals surface area contributed by atoms with Gasteiger partial charge in [-0.2, -0.15) is 9.61 Å². The van der Waals surface area contributed by atoms with Gasteiger partial charge in [0.2, 0.25) is 11.1 Å². The number of rotatable bonds is 5. The van der Waals surface area contributed by atoms with Gasteiger partial charge in [-0.15, -0.1) is 10.2 Å². The van der Waals surface area contributed by atoms with E-state index in [1.165, 1.54) is 11.8 Å². The molecule has 0 spiro atoms. The van der Waals surface area contributed by atoms with Crippen LogP contribution in [0.3, 0.4) is 0 Å². The molecule has 0 aromatic carbocycles. The van der Waals surface area contributed by atoms with E-state index in [0.717, 1.165) is 5.69 Å². The van der Waals surface area contributed by atoms with Crippen molar-refractivity contribution in [3.05, 3.63) is 48.4 Å². The second kappa shape index (κ2) is 6.92. The van der Waals surface area contributed by atoms with Crippen LogP contribution >= 0.6 is 11.8 Å². The summed E-state index contributed by atoms with van der Waals surface area (Å²) in [6, 6.07) is 10.9. The van der Waals surface area contributed by atoms with Crippen molar-refractivity contribution >= 4 is 29.1 Å². The van der Waals surface area contributed by atoms with Crippen LogP contribution in [0.15, 0.2) is 52.3 Å². The smallest absolute Gasteiger partial charge is 0.236 e. The molecule has 4 aromatic rings. The molecule has 0 saturated heterocycles. The van der Waals surface area contributed by atoms with Crippen LogP contribution < -0.4 is 5.32 Å². The number of nitrogens with zero attached hydrogens (tertiary/aromatic N) is 6. The molecule has 26 heavy (non-hydrogen) atoms. The number of pyridine rings is 1. The lowest BCUT2D eigenvalue weighted by Crippen LogP contribution is -2.14. The number of carbonyl (C=O) groups excluding carboxylic acids is 1. The van der Waals surface area contributed by atoms with Gasteiger partial charge in [0.25, 0.3) is 0 Å². The van der Waals surface area contributed by atoms with Crippen molar-refractivity contribution in [1.29, 1.82) is 0 Å². The van der Waals surface area contributed by atoms with Crippen LogP contribution in [-0.4, -0.2) is 41.6 Å². The SMILES string of the molecule is Cc1cc(NC(=O)CSc2nnc3ccc(-c4ccccn4)nn23)no1. The zero-order valence-electron chi connectivity index (χ0n) is 13.7. The van der Waals surface area contributed by atoms with Gasteiger partial charge in [-0.3, -0.25) is 9.78 Å². The minimum absolute atomic E-state index is 0.141. The molecule has 0 aliphatic heterocycles. The molecular weight excluding hydrogens is 354 g/mol. The molecule has 0 unspecified atom stereocenters. The van der Waals surface area contributed by atoms with Crippen molar-refractivity contribution in [2.24, 2.45) is 0 Å². The second-order valence-corrected chi connectivity index (χ2v) is 6.29. The Bertz CT molecular complexity index is 1060. The van der Waals surface area contributed by atoms with Gasteiger partial charge in [-0.05, 0) is 31.2 Å². The topological polar surface area (TPSA) is 111 Å². The first-order chi connectivity index (χ1) is 12.7. The van der Waals surface area contributed by atoms with E-state index in [0.29, 0.717) is 28.1 Å². The molecule has 0 aliphatic carbocycles. The molecule has 0 saturated carbocycles. The van der Waals surface area contributed by atoms with Gasteiger partial charge in [0.05, 0.1) is 11.4 Å². The zero-order valence-corrected chi connectivity index (χ0v) is 14.5. The molecule has 10 heteroatoms. The highest BCUT2D eigenvalue weighted by molar-refractivity contribution is 7.99. The fourth-order valence-corrected chi connectivity index (χ4v) is 2.93. The van der Waals surface area contributed by atoms with Crippen LogP contribution in [0.1, 0.15) is 5.76 Å². The highest BCUT2D eigenvalue weighted by Gasteiger charge is 2.13. The van der Waals surface area contributed by atoms with E-state index in [2.05, 4.69) is 30.8 Å². The summed E-state index contributed by atoms with van der Waals surface area (Å²) < 4.78 is 6.51. The summed E-state index contributed by atoms with van der Waals surface area (Å²) in [6.45, 7) is 1.75. The molecule has 1 amide bonds. The van der Waals surface area contributed by atoms with Crippen molar-refractivity contribution in [3.63, 3.8) is 0 Å². The van der Waals surface area contributed by atoms with Crippen molar-refractivity contribution < 1.29 is 9.32 Å². The Kier molecular flexibility index (Phi) is 4.32.